The lowest BCUT2D eigenvalue weighted by atomic mass is 9.91. The third-order valence-corrected chi connectivity index (χ3v) is 3.42. The number of methoxy groups -OCH3 is 1. The number of esters is 1. The molecular formula is C14H17N3O4. The van der Waals surface area contributed by atoms with E-state index in [-0.39, 0.29) is 5.57 Å². The van der Waals surface area contributed by atoms with Gasteiger partial charge in [-0.2, -0.15) is 0 Å². The van der Waals surface area contributed by atoms with Crippen LogP contribution >= 0.6 is 0 Å². The fourth-order valence-electron chi connectivity index (χ4n) is 2.50. The minimum absolute atomic E-state index is 0.282. The van der Waals surface area contributed by atoms with Crippen molar-refractivity contribution in [2.45, 2.75) is 19.1 Å². The zero-order valence-corrected chi connectivity index (χ0v) is 11.7. The Labute approximate surface area is 122 Å². The number of rotatable bonds is 3. The first-order chi connectivity index (χ1) is 9.97. The van der Waals surface area contributed by atoms with E-state index in [1.54, 1.807) is 31.2 Å². The molecule has 2 atom stereocenters. The molecule has 7 heteroatoms. The molecule has 0 unspecified atom stereocenters. The predicted octanol–water partition coefficient (Wildman–Crippen LogP) is 0.435. The SMILES string of the molecule is COC(=O)C1=C(C)N(NC(N)=O)[C@@H](O)[C@@H]1c1ccccc1. The molecule has 0 saturated carbocycles. The molecular weight excluding hydrogens is 274 g/mol. The van der Waals surface area contributed by atoms with Crippen LogP contribution in [0.25, 0.3) is 0 Å². The standard InChI is InChI=1S/C14H17N3O4/c1-8-10(13(19)21-2)11(9-6-4-3-5-7-9)12(18)17(8)16-14(15)20/h3-7,11-12,18H,1-2H3,(H3,15,16,20)/t11-,12+/m1/s1. The number of primary amides is 1. The molecule has 21 heavy (non-hydrogen) atoms. The molecule has 0 spiro atoms. The number of hydrogen-bond donors (Lipinski definition) is 3. The first kappa shape index (κ1) is 14.9. The number of carbonyl (C=O) groups excluding carboxylic acids is 2. The van der Waals surface area contributed by atoms with Crippen LogP contribution in [0.15, 0.2) is 41.6 Å². The van der Waals surface area contributed by atoms with Crippen LogP contribution in [-0.4, -0.2) is 35.5 Å². The van der Waals surface area contributed by atoms with Crippen molar-refractivity contribution >= 4 is 12.0 Å². The van der Waals surface area contributed by atoms with E-state index >= 15 is 0 Å². The Balaban J connectivity index is 2.48. The van der Waals surface area contributed by atoms with Crippen LogP contribution in [0.1, 0.15) is 18.4 Å². The fraction of sp³-hybridized carbons (Fsp3) is 0.286. The van der Waals surface area contributed by atoms with Crippen molar-refractivity contribution in [2.24, 2.45) is 5.73 Å². The van der Waals surface area contributed by atoms with Crippen LogP contribution in [0.4, 0.5) is 4.79 Å². The number of nitrogens with one attached hydrogen (secondary N) is 1. The highest BCUT2D eigenvalue weighted by atomic mass is 16.5. The summed E-state index contributed by atoms with van der Waals surface area (Å²) in [5.74, 6) is -1.19. The minimum Gasteiger partial charge on any atom is -0.466 e. The second kappa shape index (κ2) is 5.84. The summed E-state index contributed by atoms with van der Waals surface area (Å²) in [5, 5.41) is 11.6. The lowest BCUT2D eigenvalue weighted by Gasteiger charge is -2.26. The monoisotopic (exact) mass is 291 g/mol. The van der Waals surface area contributed by atoms with Crippen molar-refractivity contribution in [2.75, 3.05) is 7.11 Å². The number of nitrogens with two attached hydrogens (primary N) is 1. The Morgan fingerprint density at radius 2 is 1.95 bits per heavy atom. The summed E-state index contributed by atoms with van der Waals surface area (Å²) < 4.78 is 4.78. The number of hydrogen-bond acceptors (Lipinski definition) is 5. The molecule has 112 valence electrons. The number of nitrogens with zero attached hydrogens (tertiary/aromatic N) is 1. The van der Waals surface area contributed by atoms with E-state index < -0.39 is 24.1 Å². The Hall–Kier alpha value is -2.54. The molecule has 1 aliphatic heterocycles. The molecule has 0 aliphatic carbocycles. The van der Waals surface area contributed by atoms with E-state index in [1.165, 1.54) is 12.1 Å². The normalized spacial score (nSPS) is 21.4. The summed E-state index contributed by atoms with van der Waals surface area (Å²) in [4.78, 5) is 23.1. The van der Waals surface area contributed by atoms with E-state index in [4.69, 9.17) is 10.5 Å². The van der Waals surface area contributed by atoms with E-state index in [9.17, 15) is 14.7 Å². The maximum Gasteiger partial charge on any atom is 0.336 e. The van der Waals surface area contributed by atoms with Gasteiger partial charge in [0.15, 0.2) is 6.23 Å². The van der Waals surface area contributed by atoms with E-state index in [1.807, 2.05) is 6.07 Å². The molecule has 1 aromatic carbocycles. The third-order valence-electron chi connectivity index (χ3n) is 3.42. The minimum atomic E-state index is -1.14. The summed E-state index contributed by atoms with van der Waals surface area (Å²) in [6, 6.07) is 8.19. The Bertz CT molecular complexity index is 585. The number of carbonyl (C=O) groups is 2. The van der Waals surface area contributed by atoms with Gasteiger partial charge in [-0.1, -0.05) is 30.3 Å². The van der Waals surface area contributed by atoms with Crippen molar-refractivity contribution in [3.05, 3.63) is 47.2 Å². The lowest BCUT2D eigenvalue weighted by molar-refractivity contribution is -0.136. The number of allylic oxidation sites excluding steroid dienone is 1. The van der Waals surface area contributed by atoms with Crippen LogP contribution in [0.5, 0.6) is 0 Å². The largest absolute Gasteiger partial charge is 0.466 e. The summed E-state index contributed by atoms with van der Waals surface area (Å²) in [6.45, 7) is 1.61. The number of hydrazine groups is 1. The Morgan fingerprint density at radius 3 is 2.48 bits per heavy atom. The molecule has 0 fully saturated rings. The molecule has 1 aliphatic rings. The second-order valence-electron chi connectivity index (χ2n) is 4.64. The average Bonchev–Trinajstić information content (AvgIpc) is 2.71. The van der Waals surface area contributed by atoms with Gasteiger partial charge in [-0.15, -0.1) is 0 Å². The van der Waals surface area contributed by atoms with Gasteiger partial charge in [-0.25, -0.2) is 15.0 Å². The Kier molecular flexibility index (Phi) is 4.13. The van der Waals surface area contributed by atoms with Gasteiger partial charge in [-0.3, -0.25) is 5.01 Å². The number of urea groups is 1. The summed E-state index contributed by atoms with van der Waals surface area (Å²) in [5.41, 5.74) is 8.81. The average molecular weight is 291 g/mol. The molecule has 1 aromatic rings. The Morgan fingerprint density at radius 1 is 1.33 bits per heavy atom. The van der Waals surface area contributed by atoms with Crippen LogP contribution in [0.2, 0.25) is 0 Å². The summed E-state index contributed by atoms with van der Waals surface area (Å²) in [6.07, 6.45) is -1.14. The maximum absolute atomic E-state index is 12.0. The smallest absolute Gasteiger partial charge is 0.336 e. The quantitative estimate of drug-likeness (QED) is 0.701. The van der Waals surface area contributed by atoms with Gasteiger partial charge in [0.1, 0.15) is 0 Å². The predicted molar refractivity (Wildman–Crippen MR) is 74.5 cm³/mol. The number of aliphatic hydroxyl groups is 1. The number of ether oxygens (including phenoxy) is 1. The highest BCUT2D eigenvalue weighted by molar-refractivity contribution is 5.92. The molecule has 2 amide bonds. The van der Waals surface area contributed by atoms with Gasteiger partial charge < -0.3 is 15.6 Å². The fourth-order valence-corrected chi connectivity index (χ4v) is 2.50. The highest BCUT2D eigenvalue weighted by Crippen LogP contribution is 2.39. The van der Waals surface area contributed by atoms with Gasteiger partial charge in [0.2, 0.25) is 0 Å². The molecule has 1 heterocycles. The van der Waals surface area contributed by atoms with Crippen molar-refractivity contribution in [1.82, 2.24) is 10.4 Å². The molecule has 0 saturated heterocycles. The van der Waals surface area contributed by atoms with Crippen molar-refractivity contribution in [1.29, 1.82) is 0 Å². The summed E-state index contributed by atoms with van der Waals surface area (Å²) >= 11 is 0. The van der Waals surface area contributed by atoms with E-state index in [0.29, 0.717) is 5.70 Å². The first-order valence-corrected chi connectivity index (χ1v) is 6.34. The van der Waals surface area contributed by atoms with E-state index in [0.717, 1.165) is 5.56 Å². The maximum atomic E-state index is 12.0. The van der Waals surface area contributed by atoms with Gasteiger partial charge >= 0.3 is 12.0 Å². The number of benzene rings is 1. The van der Waals surface area contributed by atoms with Crippen LogP contribution < -0.4 is 11.2 Å². The molecule has 0 bridgehead atoms. The van der Waals surface area contributed by atoms with E-state index in [2.05, 4.69) is 5.43 Å². The first-order valence-electron chi connectivity index (χ1n) is 6.34. The molecule has 2 rings (SSSR count). The molecule has 0 radical (unpaired) electrons. The number of aliphatic hydroxyl groups excluding tert-OH is 1. The zero-order valence-electron chi connectivity index (χ0n) is 11.7. The third kappa shape index (κ3) is 2.68. The van der Waals surface area contributed by atoms with Crippen molar-refractivity contribution < 1.29 is 19.4 Å². The van der Waals surface area contributed by atoms with Gasteiger partial charge in [0, 0.05) is 5.70 Å². The highest BCUT2D eigenvalue weighted by Gasteiger charge is 2.43. The second-order valence-corrected chi connectivity index (χ2v) is 4.64. The topological polar surface area (TPSA) is 105 Å². The van der Waals surface area contributed by atoms with Gasteiger partial charge in [0.05, 0.1) is 18.6 Å². The van der Waals surface area contributed by atoms with Gasteiger partial charge in [-0.05, 0) is 12.5 Å². The van der Waals surface area contributed by atoms with Gasteiger partial charge in [0.25, 0.3) is 0 Å². The lowest BCUT2D eigenvalue weighted by Crippen LogP contribution is -2.48. The zero-order chi connectivity index (χ0) is 15.6. The number of amides is 2. The summed E-state index contributed by atoms with van der Waals surface area (Å²) in [7, 11) is 1.27. The van der Waals surface area contributed by atoms with Crippen molar-refractivity contribution in [3.8, 4) is 0 Å². The molecule has 4 N–H and O–H groups in total. The van der Waals surface area contributed by atoms with Crippen LogP contribution in [0.3, 0.4) is 0 Å². The van der Waals surface area contributed by atoms with Crippen LogP contribution in [0, 0.1) is 0 Å². The van der Waals surface area contributed by atoms with Crippen LogP contribution in [-0.2, 0) is 9.53 Å². The molecule has 7 nitrogen and oxygen atoms in total. The molecule has 0 aromatic heterocycles. The van der Waals surface area contributed by atoms with Crippen molar-refractivity contribution in [3.63, 3.8) is 0 Å².